The lowest BCUT2D eigenvalue weighted by Crippen LogP contribution is -2.41. The molecule has 3 aromatic carbocycles. The van der Waals surface area contributed by atoms with Crippen LogP contribution in [0.5, 0.6) is 0 Å². The van der Waals surface area contributed by atoms with E-state index in [1.54, 1.807) is 4.90 Å². The lowest BCUT2D eigenvalue weighted by Gasteiger charge is -2.33. The number of rotatable bonds is 4. The third-order valence-corrected chi connectivity index (χ3v) is 6.88. The summed E-state index contributed by atoms with van der Waals surface area (Å²) in [5.41, 5.74) is 3.30. The Kier molecular flexibility index (Phi) is 7.87. The van der Waals surface area contributed by atoms with Gasteiger partial charge in [-0.05, 0) is 54.3 Å². The van der Waals surface area contributed by atoms with E-state index in [0.717, 1.165) is 29.7 Å². The molecular formula is C26H25Cl3FN3O. The Morgan fingerprint density at radius 1 is 1.00 bits per heavy atom. The summed E-state index contributed by atoms with van der Waals surface area (Å²) in [5, 5.41) is 4.04. The zero-order chi connectivity index (χ0) is 24.2. The van der Waals surface area contributed by atoms with Crippen LogP contribution in [0, 0.1) is 5.82 Å². The highest BCUT2D eigenvalue weighted by atomic mass is 35.5. The molecule has 34 heavy (non-hydrogen) atoms. The largest absolute Gasteiger partial charge is 0.367 e. The number of amides is 2. The van der Waals surface area contributed by atoms with Gasteiger partial charge in [-0.15, -0.1) is 0 Å². The number of halogens is 4. The zero-order valence-corrected chi connectivity index (χ0v) is 21.0. The van der Waals surface area contributed by atoms with E-state index in [0.29, 0.717) is 35.4 Å². The third kappa shape index (κ3) is 5.43. The molecule has 1 unspecified atom stereocenters. The van der Waals surface area contributed by atoms with Crippen LogP contribution in [0.2, 0.25) is 15.1 Å². The second-order valence-corrected chi connectivity index (χ2v) is 9.46. The Balaban J connectivity index is 1.66. The molecule has 0 bridgehead atoms. The van der Waals surface area contributed by atoms with E-state index >= 15 is 0 Å². The summed E-state index contributed by atoms with van der Waals surface area (Å²) in [6.45, 7) is 3.80. The first kappa shape index (κ1) is 24.6. The van der Waals surface area contributed by atoms with Crippen LogP contribution in [-0.2, 0) is 6.42 Å². The van der Waals surface area contributed by atoms with E-state index in [2.05, 4.69) is 17.1 Å². The molecule has 4 rings (SSSR count). The van der Waals surface area contributed by atoms with Crippen LogP contribution in [0.25, 0.3) is 0 Å². The summed E-state index contributed by atoms with van der Waals surface area (Å²) in [6, 6.07) is 17.4. The van der Waals surface area contributed by atoms with Gasteiger partial charge in [0.25, 0.3) is 0 Å². The lowest BCUT2D eigenvalue weighted by molar-refractivity contribution is 0.194. The zero-order valence-electron chi connectivity index (χ0n) is 18.7. The van der Waals surface area contributed by atoms with Gasteiger partial charge in [0.05, 0.1) is 26.8 Å². The fraction of sp³-hybridized carbons (Fsp3) is 0.269. The highest BCUT2D eigenvalue weighted by molar-refractivity contribution is 6.39. The molecule has 3 aromatic rings. The maximum absolute atomic E-state index is 13.6. The second kappa shape index (κ2) is 10.9. The number of aryl methyl sites for hydroxylation is 1. The number of nitrogens with one attached hydrogen (secondary N) is 1. The predicted molar refractivity (Wildman–Crippen MR) is 139 cm³/mol. The molecule has 1 aliphatic heterocycles. The van der Waals surface area contributed by atoms with E-state index in [1.807, 2.05) is 42.5 Å². The number of hydrogen-bond donors (Lipinski definition) is 1. The Morgan fingerprint density at radius 2 is 1.71 bits per heavy atom. The van der Waals surface area contributed by atoms with Crippen LogP contribution in [0.3, 0.4) is 0 Å². The van der Waals surface area contributed by atoms with E-state index < -0.39 is 5.82 Å². The predicted octanol–water partition coefficient (Wildman–Crippen LogP) is 7.83. The van der Waals surface area contributed by atoms with Crippen LogP contribution < -0.4 is 10.2 Å². The van der Waals surface area contributed by atoms with Crippen LogP contribution in [-0.4, -0.2) is 30.6 Å². The average Bonchev–Trinajstić information content (AvgIpc) is 3.04. The first-order valence-electron chi connectivity index (χ1n) is 11.2. The minimum Gasteiger partial charge on any atom is -0.367 e. The number of carbonyl (C=O) groups excluding carboxylic acids is 1. The summed E-state index contributed by atoms with van der Waals surface area (Å²) in [6.07, 6.45) is 1.57. The van der Waals surface area contributed by atoms with Crippen molar-refractivity contribution in [3.63, 3.8) is 0 Å². The fourth-order valence-corrected chi connectivity index (χ4v) is 5.24. The molecule has 1 atom stereocenters. The lowest BCUT2D eigenvalue weighted by atomic mass is 10.0. The Bertz CT molecular complexity index is 1150. The van der Waals surface area contributed by atoms with Gasteiger partial charge in [-0.1, -0.05) is 72.1 Å². The van der Waals surface area contributed by atoms with Gasteiger partial charge in [0.15, 0.2) is 0 Å². The van der Waals surface area contributed by atoms with E-state index in [-0.39, 0.29) is 17.1 Å². The molecule has 8 heteroatoms. The average molecular weight is 521 g/mol. The summed E-state index contributed by atoms with van der Waals surface area (Å²) >= 11 is 19.2. The monoisotopic (exact) mass is 519 g/mol. The number of hydrogen-bond acceptors (Lipinski definition) is 2. The fourth-order valence-electron chi connectivity index (χ4n) is 4.29. The van der Waals surface area contributed by atoms with Crippen LogP contribution >= 0.6 is 34.8 Å². The molecule has 1 N–H and O–H groups in total. The Hall–Kier alpha value is -2.47. The molecule has 0 spiro atoms. The SMILES string of the molecule is CCc1cc(Cl)c(N2CCCN(C(=O)Nc3ccc(F)c(Cl)c3)C(c3ccccc3)C2)c(Cl)c1. The standard InChI is InChI=1S/C26H25Cl3FN3O/c1-2-17-13-21(28)25(22(29)14-17)32-11-6-12-33(24(16-32)18-7-4-3-5-8-18)26(34)31-19-9-10-23(30)20(27)15-19/h3-5,7-10,13-15,24H,2,6,11-12,16H2,1H3,(H,31,34). The smallest absolute Gasteiger partial charge is 0.322 e. The number of benzene rings is 3. The molecule has 0 saturated carbocycles. The molecule has 1 fully saturated rings. The molecule has 0 aromatic heterocycles. The van der Waals surface area contributed by atoms with Crippen molar-refractivity contribution >= 4 is 52.2 Å². The first-order valence-corrected chi connectivity index (χ1v) is 12.3. The van der Waals surface area contributed by atoms with Gasteiger partial charge in [0.2, 0.25) is 0 Å². The van der Waals surface area contributed by atoms with Crippen molar-refractivity contribution in [2.45, 2.75) is 25.8 Å². The highest BCUT2D eigenvalue weighted by Gasteiger charge is 2.31. The van der Waals surface area contributed by atoms with Crippen molar-refractivity contribution in [1.82, 2.24) is 4.90 Å². The van der Waals surface area contributed by atoms with E-state index in [4.69, 9.17) is 34.8 Å². The van der Waals surface area contributed by atoms with E-state index in [9.17, 15) is 9.18 Å². The first-order chi connectivity index (χ1) is 16.4. The molecule has 1 heterocycles. The van der Waals surface area contributed by atoms with Gasteiger partial charge in [0.1, 0.15) is 5.82 Å². The van der Waals surface area contributed by atoms with Gasteiger partial charge in [-0.3, -0.25) is 0 Å². The second-order valence-electron chi connectivity index (χ2n) is 8.24. The minimum absolute atomic E-state index is 0.0424. The molecule has 4 nitrogen and oxygen atoms in total. The van der Waals surface area contributed by atoms with Crippen molar-refractivity contribution in [1.29, 1.82) is 0 Å². The topological polar surface area (TPSA) is 35.6 Å². The van der Waals surface area contributed by atoms with Crippen LogP contribution in [0.4, 0.5) is 20.6 Å². The number of carbonyl (C=O) groups is 1. The van der Waals surface area contributed by atoms with Gasteiger partial charge in [-0.2, -0.15) is 0 Å². The summed E-state index contributed by atoms with van der Waals surface area (Å²) < 4.78 is 13.6. The van der Waals surface area contributed by atoms with Crippen molar-refractivity contribution < 1.29 is 9.18 Å². The van der Waals surface area contributed by atoms with Crippen molar-refractivity contribution in [3.05, 3.63) is 92.7 Å². The molecule has 178 valence electrons. The Labute approximate surface area is 214 Å². The van der Waals surface area contributed by atoms with Gasteiger partial charge >= 0.3 is 6.03 Å². The third-order valence-electron chi connectivity index (χ3n) is 6.01. The van der Waals surface area contributed by atoms with Crippen LogP contribution in [0.15, 0.2) is 60.7 Å². The normalized spacial score (nSPS) is 16.3. The number of nitrogens with zero attached hydrogens (tertiary/aromatic N) is 2. The van der Waals surface area contributed by atoms with Gasteiger partial charge in [0, 0.05) is 25.3 Å². The summed E-state index contributed by atoms with van der Waals surface area (Å²) in [5.74, 6) is -0.532. The van der Waals surface area contributed by atoms with Crippen LogP contribution in [0.1, 0.15) is 30.5 Å². The molecule has 1 aliphatic rings. The Morgan fingerprint density at radius 3 is 2.35 bits per heavy atom. The molecule has 0 radical (unpaired) electrons. The summed E-state index contributed by atoms with van der Waals surface area (Å²) in [7, 11) is 0. The number of urea groups is 1. The maximum atomic E-state index is 13.6. The molecule has 2 amide bonds. The molecule has 1 saturated heterocycles. The van der Waals surface area contributed by atoms with Gasteiger partial charge < -0.3 is 15.1 Å². The maximum Gasteiger partial charge on any atom is 0.322 e. The van der Waals surface area contributed by atoms with Crippen molar-refractivity contribution in [3.8, 4) is 0 Å². The van der Waals surface area contributed by atoms with Crippen molar-refractivity contribution in [2.75, 3.05) is 29.9 Å². The van der Waals surface area contributed by atoms with E-state index in [1.165, 1.54) is 18.2 Å². The number of anilines is 2. The molecule has 0 aliphatic carbocycles. The highest BCUT2D eigenvalue weighted by Crippen LogP contribution is 2.38. The molecular weight excluding hydrogens is 496 g/mol. The quantitative estimate of drug-likeness (QED) is 0.380. The van der Waals surface area contributed by atoms with Gasteiger partial charge in [-0.25, -0.2) is 9.18 Å². The van der Waals surface area contributed by atoms with Crippen molar-refractivity contribution in [2.24, 2.45) is 0 Å². The minimum atomic E-state index is -0.532. The summed E-state index contributed by atoms with van der Waals surface area (Å²) in [4.78, 5) is 17.3.